The van der Waals surface area contributed by atoms with Crippen LogP contribution < -0.4 is 20.1 Å². The zero-order valence-electron chi connectivity index (χ0n) is 15.8. The standard InChI is InChI=1S/C18H26N4O2S2.HI/c1-14(24-16-7-4-6-15(12-16)23-3)13-22-17(19-2)20-8-5-10-25-18-21-9-11-26-18;/h4,6-7,9,11-12,14H,5,8,10,13H2,1-3H3,(H2,19,20,22);1H. The molecular weight excluding hydrogens is 495 g/mol. The molecule has 2 aromatic rings. The second-order valence-corrected chi connectivity index (χ2v) is 7.72. The number of ether oxygens (including phenoxy) is 2. The maximum Gasteiger partial charge on any atom is 0.191 e. The van der Waals surface area contributed by atoms with Gasteiger partial charge in [-0.2, -0.15) is 0 Å². The minimum absolute atomic E-state index is 0. The summed E-state index contributed by atoms with van der Waals surface area (Å²) in [7, 11) is 3.42. The third-order valence-electron chi connectivity index (χ3n) is 3.41. The molecule has 1 unspecified atom stereocenters. The number of rotatable bonds is 10. The number of hydrogen-bond acceptors (Lipinski definition) is 6. The van der Waals surface area contributed by atoms with Crippen molar-refractivity contribution in [2.24, 2.45) is 4.99 Å². The van der Waals surface area contributed by atoms with Crippen LogP contribution >= 0.6 is 47.1 Å². The summed E-state index contributed by atoms with van der Waals surface area (Å²) >= 11 is 3.47. The number of hydrogen-bond donors (Lipinski definition) is 2. The lowest BCUT2D eigenvalue weighted by Crippen LogP contribution is -2.42. The average Bonchev–Trinajstić information content (AvgIpc) is 3.17. The van der Waals surface area contributed by atoms with Crippen LogP contribution in [0.2, 0.25) is 0 Å². The van der Waals surface area contributed by atoms with Crippen molar-refractivity contribution in [2.45, 2.75) is 23.8 Å². The number of aliphatic imine (C=N–C) groups is 1. The zero-order chi connectivity index (χ0) is 18.6. The average molecular weight is 522 g/mol. The summed E-state index contributed by atoms with van der Waals surface area (Å²) in [6.45, 7) is 3.54. The van der Waals surface area contributed by atoms with Crippen molar-refractivity contribution in [1.82, 2.24) is 15.6 Å². The van der Waals surface area contributed by atoms with E-state index in [1.165, 1.54) is 0 Å². The third-order valence-corrected chi connectivity index (χ3v) is 5.46. The van der Waals surface area contributed by atoms with Gasteiger partial charge in [0.15, 0.2) is 5.96 Å². The zero-order valence-corrected chi connectivity index (χ0v) is 19.8. The Kier molecular flexibility index (Phi) is 12.3. The van der Waals surface area contributed by atoms with Gasteiger partial charge >= 0.3 is 0 Å². The van der Waals surface area contributed by atoms with Gasteiger partial charge in [-0.15, -0.1) is 35.3 Å². The van der Waals surface area contributed by atoms with Crippen LogP contribution in [-0.2, 0) is 0 Å². The second kappa shape index (κ2) is 13.9. The highest BCUT2D eigenvalue weighted by molar-refractivity contribution is 14.0. The predicted octanol–water partition coefficient (Wildman–Crippen LogP) is 3.88. The SMILES string of the molecule is CN=C(NCCCSc1nccs1)NCC(C)Oc1cccc(OC)c1.I. The molecule has 1 heterocycles. The molecule has 6 nitrogen and oxygen atoms in total. The van der Waals surface area contributed by atoms with Crippen LogP contribution in [0.25, 0.3) is 0 Å². The van der Waals surface area contributed by atoms with E-state index in [0.717, 1.165) is 40.5 Å². The minimum atomic E-state index is 0. The van der Waals surface area contributed by atoms with Gasteiger partial charge in [0.25, 0.3) is 0 Å². The van der Waals surface area contributed by atoms with Crippen LogP contribution in [0.3, 0.4) is 0 Å². The van der Waals surface area contributed by atoms with Crippen LogP contribution in [0, 0.1) is 0 Å². The fraction of sp³-hybridized carbons (Fsp3) is 0.444. The van der Waals surface area contributed by atoms with Crippen LogP contribution in [0.1, 0.15) is 13.3 Å². The van der Waals surface area contributed by atoms with Gasteiger partial charge in [0.05, 0.1) is 13.7 Å². The number of benzene rings is 1. The first-order valence-corrected chi connectivity index (χ1v) is 10.4. The van der Waals surface area contributed by atoms with E-state index in [1.807, 2.05) is 42.8 Å². The maximum absolute atomic E-state index is 5.90. The second-order valence-electron chi connectivity index (χ2n) is 5.49. The van der Waals surface area contributed by atoms with E-state index in [-0.39, 0.29) is 30.1 Å². The molecule has 1 atom stereocenters. The Hall–Kier alpha value is -1.20. The molecule has 0 aliphatic heterocycles. The Balaban J connectivity index is 0.00000364. The molecule has 27 heavy (non-hydrogen) atoms. The summed E-state index contributed by atoms with van der Waals surface area (Å²) in [5.74, 6) is 3.40. The molecule has 0 bridgehead atoms. The summed E-state index contributed by atoms with van der Waals surface area (Å²) in [5.41, 5.74) is 0. The van der Waals surface area contributed by atoms with E-state index >= 15 is 0 Å². The molecule has 0 saturated carbocycles. The van der Waals surface area contributed by atoms with Gasteiger partial charge in [0.1, 0.15) is 21.9 Å². The van der Waals surface area contributed by atoms with E-state index in [2.05, 4.69) is 20.6 Å². The van der Waals surface area contributed by atoms with E-state index in [0.29, 0.717) is 6.54 Å². The number of methoxy groups -OCH3 is 1. The van der Waals surface area contributed by atoms with Gasteiger partial charge in [-0.3, -0.25) is 4.99 Å². The maximum atomic E-state index is 5.90. The normalized spacial score (nSPS) is 12.0. The van der Waals surface area contributed by atoms with E-state index in [4.69, 9.17) is 9.47 Å². The molecule has 0 saturated heterocycles. The highest BCUT2D eigenvalue weighted by Crippen LogP contribution is 2.20. The lowest BCUT2D eigenvalue weighted by Gasteiger charge is -2.18. The summed E-state index contributed by atoms with van der Waals surface area (Å²) in [6.07, 6.45) is 2.88. The van der Waals surface area contributed by atoms with Crippen molar-refractivity contribution < 1.29 is 9.47 Å². The van der Waals surface area contributed by atoms with Crippen molar-refractivity contribution in [3.05, 3.63) is 35.8 Å². The van der Waals surface area contributed by atoms with Crippen molar-refractivity contribution in [1.29, 1.82) is 0 Å². The molecular formula is C18H27IN4O2S2. The van der Waals surface area contributed by atoms with Crippen molar-refractivity contribution in [2.75, 3.05) is 33.0 Å². The molecule has 1 aromatic carbocycles. The Morgan fingerprint density at radius 1 is 1.33 bits per heavy atom. The third kappa shape index (κ3) is 9.52. The molecule has 0 fully saturated rings. The first-order chi connectivity index (χ1) is 12.7. The topological polar surface area (TPSA) is 67.8 Å². The first kappa shape index (κ1) is 23.8. The molecule has 0 aliphatic rings. The highest BCUT2D eigenvalue weighted by atomic mass is 127. The number of nitrogens with zero attached hydrogens (tertiary/aromatic N) is 2. The van der Waals surface area contributed by atoms with Crippen molar-refractivity contribution in [3.63, 3.8) is 0 Å². The monoisotopic (exact) mass is 522 g/mol. The number of halogens is 1. The van der Waals surface area contributed by atoms with Gasteiger partial charge in [0, 0.05) is 37.0 Å². The summed E-state index contributed by atoms with van der Waals surface area (Å²) in [5, 5.41) is 8.61. The minimum Gasteiger partial charge on any atom is -0.497 e. The lowest BCUT2D eigenvalue weighted by atomic mass is 10.3. The van der Waals surface area contributed by atoms with Gasteiger partial charge in [-0.25, -0.2) is 4.98 Å². The van der Waals surface area contributed by atoms with Gasteiger partial charge < -0.3 is 20.1 Å². The predicted molar refractivity (Wildman–Crippen MR) is 125 cm³/mol. The Morgan fingerprint density at radius 2 is 2.15 bits per heavy atom. The summed E-state index contributed by atoms with van der Waals surface area (Å²) in [4.78, 5) is 8.51. The van der Waals surface area contributed by atoms with Crippen LogP contribution in [0.5, 0.6) is 11.5 Å². The van der Waals surface area contributed by atoms with Gasteiger partial charge in [-0.05, 0) is 25.5 Å². The molecule has 0 spiro atoms. The number of aromatic nitrogens is 1. The fourth-order valence-corrected chi connectivity index (χ4v) is 3.78. The number of nitrogens with one attached hydrogen (secondary N) is 2. The Morgan fingerprint density at radius 3 is 2.85 bits per heavy atom. The number of thioether (sulfide) groups is 1. The van der Waals surface area contributed by atoms with Gasteiger partial charge in [-0.1, -0.05) is 17.8 Å². The largest absolute Gasteiger partial charge is 0.497 e. The fourth-order valence-electron chi connectivity index (χ4n) is 2.13. The Bertz CT molecular complexity index is 671. The summed E-state index contributed by atoms with van der Waals surface area (Å²) < 4.78 is 12.2. The van der Waals surface area contributed by atoms with E-state index in [9.17, 15) is 0 Å². The van der Waals surface area contributed by atoms with Crippen molar-refractivity contribution in [3.8, 4) is 11.5 Å². The Labute approximate surface area is 186 Å². The van der Waals surface area contributed by atoms with E-state index in [1.54, 1.807) is 37.3 Å². The van der Waals surface area contributed by atoms with E-state index < -0.39 is 0 Å². The van der Waals surface area contributed by atoms with Crippen LogP contribution in [0.4, 0.5) is 0 Å². The smallest absolute Gasteiger partial charge is 0.191 e. The molecule has 0 aliphatic carbocycles. The molecule has 9 heteroatoms. The number of guanidine groups is 1. The van der Waals surface area contributed by atoms with Gasteiger partial charge in [0.2, 0.25) is 0 Å². The van der Waals surface area contributed by atoms with Crippen LogP contribution in [0.15, 0.2) is 45.2 Å². The molecule has 1 aromatic heterocycles. The summed E-state index contributed by atoms with van der Waals surface area (Å²) in [6, 6.07) is 7.61. The lowest BCUT2D eigenvalue weighted by molar-refractivity contribution is 0.223. The highest BCUT2D eigenvalue weighted by Gasteiger charge is 2.06. The number of thiazole rings is 1. The molecule has 2 N–H and O–H groups in total. The molecule has 0 radical (unpaired) electrons. The quantitative estimate of drug-likeness (QED) is 0.162. The molecule has 0 amide bonds. The van der Waals surface area contributed by atoms with Crippen LogP contribution in [-0.4, -0.2) is 50.0 Å². The first-order valence-electron chi connectivity index (χ1n) is 8.48. The molecule has 2 rings (SSSR count). The van der Waals surface area contributed by atoms with Crippen molar-refractivity contribution >= 4 is 53.0 Å². The molecule has 150 valence electrons.